The van der Waals surface area contributed by atoms with Crippen LogP contribution in [0.25, 0.3) is 0 Å². The topological polar surface area (TPSA) is 49.8 Å². The van der Waals surface area contributed by atoms with Gasteiger partial charge in [0, 0.05) is 13.1 Å². The van der Waals surface area contributed by atoms with Crippen molar-refractivity contribution in [2.24, 2.45) is 0 Å². The van der Waals surface area contributed by atoms with Crippen molar-refractivity contribution in [1.82, 2.24) is 9.97 Å². The Morgan fingerprint density at radius 3 is 2.56 bits per heavy atom. The van der Waals surface area contributed by atoms with Crippen LogP contribution in [0.15, 0.2) is 29.0 Å². The van der Waals surface area contributed by atoms with E-state index in [1.165, 1.54) is 18.5 Å². The van der Waals surface area contributed by atoms with Gasteiger partial charge in [-0.3, -0.25) is 0 Å². The number of nitrogens with zero attached hydrogens (tertiary/aromatic N) is 2. The minimum atomic E-state index is -0.688. The van der Waals surface area contributed by atoms with E-state index in [4.69, 9.17) is 0 Å². The monoisotopic (exact) mass is 314 g/mol. The molecule has 2 aromatic rings. The minimum Gasteiger partial charge on any atom is -0.372 e. The number of anilines is 3. The molecule has 1 heterocycles. The van der Waals surface area contributed by atoms with E-state index >= 15 is 0 Å². The third-order valence-corrected chi connectivity index (χ3v) is 2.96. The van der Waals surface area contributed by atoms with Gasteiger partial charge in [-0.2, -0.15) is 0 Å². The van der Waals surface area contributed by atoms with Crippen LogP contribution in [0.4, 0.5) is 26.1 Å². The highest BCUT2D eigenvalue weighted by Gasteiger charge is 2.10. The van der Waals surface area contributed by atoms with Crippen molar-refractivity contribution in [2.75, 3.05) is 17.7 Å². The van der Waals surface area contributed by atoms with Crippen molar-refractivity contribution in [2.45, 2.75) is 0 Å². The highest BCUT2D eigenvalue weighted by atomic mass is 79.9. The predicted octanol–water partition coefficient (Wildman–Crippen LogP) is 3.30. The molecule has 0 unspecified atom stereocenters. The van der Waals surface area contributed by atoms with Crippen LogP contribution in [-0.2, 0) is 0 Å². The molecule has 0 bridgehead atoms. The van der Waals surface area contributed by atoms with Gasteiger partial charge in [0.1, 0.15) is 34.1 Å². The molecule has 0 saturated carbocycles. The van der Waals surface area contributed by atoms with Crippen LogP contribution in [-0.4, -0.2) is 17.0 Å². The zero-order valence-electron chi connectivity index (χ0n) is 9.34. The maximum absolute atomic E-state index is 13.5. The van der Waals surface area contributed by atoms with E-state index in [1.807, 2.05) is 0 Å². The number of benzene rings is 1. The summed E-state index contributed by atoms with van der Waals surface area (Å²) in [6.45, 7) is 0. The number of aromatic nitrogens is 2. The molecule has 94 valence electrons. The predicted molar refractivity (Wildman–Crippen MR) is 68.9 cm³/mol. The molecule has 0 saturated heterocycles. The second kappa shape index (κ2) is 5.26. The Hall–Kier alpha value is -1.76. The Kier molecular flexibility index (Phi) is 3.71. The van der Waals surface area contributed by atoms with Gasteiger partial charge in [0.15, 0.2) is 0 Å². The van der Waals surface area contributed by atoms with E-state index in [0.717, 1.165) is 6.07 Å². The Labute approximate surface area is 111 Å². The van der Waals surface area contributed by atoms with Gasteiger partial charge >= 0.3 is 0 Å². The highest BCUT2D eigenvalue weighted by Crippen LogP contribution is 2.29. The number of hydrogen-bond donors (Lipinski definition) is 2. The molecular weight excluding hydrogens is 306 g/mol. The highest BCUT2D eigenvalue weighted by molar-refractivity contribution is 9.10. The first-order chi connectivity index (χ1) is 8.61. The minimum absolute atomic E-state index is 0.137. The second-order valence-electron chi connectivity index (χ2n) is 3.38. The lowest BCUT2D eigenvalue weighted by Crippen LogP contribution is -2.01. The lowest BCUT2D eigenvalue weighted by Gasteiger charge is -2.10. The maximum atomic E-state index is 13.5. The summed E-state index contributed by atoms with van der Waals surface area (Å²) in [5, 5.41) is 5.62. The van der Waals surface area contributed by atoms with Crippen LogP contribution < -0.4 is 10.6 Å². The zero-order chi connectivity index (χ0) is 13.1. The smallest absolute Gasteiger partial charge is 0.150 e. The molecule has 0 amide bonds. The molecule has 18 heavy (non-hydrogen) atoms. The number of halogens is 3. The first kappa shape index (κ1) is 12.7. The van der Waals surface area contributed by atoms with E-state index in [0.29, 0.717) is 16.1 Å². The Morgan fingerprint density at radius 2 is 1.89 bits per heavy atom. The van der Waals surface area contributed by atoms with Crippen molar-refractivity contribution < 1.29 is 8.78 Å². The van der Waals surface area contributed by atoms with Crippen molar-refractivity contribution in [3.05, 3.63) is 40.6 Å². The summed E-state index contributed by atoms with van der Waals surface area (Å²) in [7, 11) is 1.70. The van der Waals surface area contributed by atoms with Gasteiger partial charge in [-0.15, -0.1) is 0 Å². The first-order valence-corrected chi connectivity index (χ1v) is 5.81. The van der Waals surface area contributed by atoms with Crippen LogP contribution in [0.3, 0.4) is 0 Å². The third-order valence-electron chi connectivity index (χ3n) is 2.21. The molecule has 0 spiro atoms. The van der Waals surface area contributed by atoms with Crippen molar-refractivity contribution in [3.8, 4) is 0 Å². The van der Waals surface area contributed by atoms with Gasteiger partial charge in [-0.1, -0.05) is 0 Å². The Bertz CT molecular complexity index is 577. The van der Waals surface area contributed by atoms with E-state index in [-0.39, 0.29) is 5.69 Å². The van der Waals surface area contributed by atoms with Crippen LogP contribution in [0, 0.1) is 11.6 Å². The normalized spacial score (nSPS) is 10.2. The van der Waals surface area contributed by atoms with Crippen LogP contribution in [0.5, 0.6) is 0 Å². The van der Waals surface area contributed by atoms with Gasteiger partial charge in [0.2, 0.25) is 0 Å². The summed E-state index contributed by atoms with van der Waals surface area (Å²) in [5.41, 5.74) is 0.137. The zero-order valence-corrected chi connectivity index (χ0v) is 10.9. The molecule has 0 aliphatic rings. The fraction of sp³-hybridized carbons (Fsp3) is 0.0909. The standard InChI is InChI=1S/C11H9BrF2N4/c1-15-10-9(12)11(17-5-16-10)18-8-3-2-6(13)4-7(8)14/h2-5H,1H3,(H2,15,16,17,18). The molecule has 0 fully saturated rings. The summed E-state index contributed by atoms with van der Waals surface area (Å²) in [4.78, 5) is 7.95. The van der Waals surface area contributed by atoms with E-state index < -0.39 is 11.6 Å². The molecule has 1 aromatic carbocycles. The van der Waals surface area contributed by atoms with Crippen molar-refractivity contribution >= 4 is 33.3 Å². The van der Waals surface area contributed by atoms with Gasteiger partial charge in [0.05, 0.1) is 5.69 Å². The lowest BCUT2D eigenvalue weighted by atomic mass is 10.3. The van der Waals surface area contributed by atoms with E-state index in [9.17, 15) is 8.78 Å². The number of rotatable bonds is 3. The van der Waals surface area contributed by atoms with Gasteiger partial charge < -0.3 is 10.6 Å². The van der Waals surface area contributed by atoms with Gasteiger partial charge in [-0.05, 0) is 28.1 Å². The second-order valence-corrected chi connectivity index (χ2v) is 4.18. The molecule has 1 aromatic heterocycles. The molecule has 0 atom stereocenters. The molecule has 2 rings (SSSR count). The fourth-order valence-corrected chi connectivity index (χ4v) is 1.85. The number of hydrogen-bond acceptors (Lipinski definition) is 4. The summed E-state index contributed by atoms with van der Waals surface area (Å²) in [6, 6.07) is 3.27. The first-order valence-electron chi connectivity index (χ1n) is 5.02. The molecular formula is C11H9BrF2N4. The third kappa shape index (κ3) is 2.56. The van der Waals surface area contributed by atoms with Crippen molar-refractivity contribution in [1.29, 1.82) is 0 Å². The molecule has 0 aliphatic carbocycles. The average Bonchev–Trinajstić information content (AvgIpc) is 2.35. The van der Waals surface area contributed by atoms with Gasteiger partial charge in [-0.25, -0.2) is 18.7 Å². The van der Waals surface area contributed by atoms with E-state index in [2.05, 4.69) is 36.5 Å². The SMILES string of the molecule is CNc1ncnc(Nc2ccc(F)cc2F)c1Br. The lowest BCUT2D eigenvalue weighted by molar-refractivity contribution is 0.586. The molecule has 7 heteroatoms. The quantitative estimate of drug-likeness (QED) is 0.912. The van der Waals surface area contributed by atoms with Crippen LogP contribution >= 0.6 is 15.9 Å². The average molecular weight is 315 g/mol. The van der Waals surface area contributed by atoms with Gasteiger partial charge in [0.25, 0.3) is 0 Å². The molecule has 0 aliphatic heterocycles. The summed E-state index contributed by atoms with van der Waals surface area (Å²) < 4.78 is 26.8. The largest absolute Gasteiger partial charge is 0.372 e. The maximum Gasteiger partial charge on any atom is 0.150 e. The number of nitrogens with one attached hydrogen (secondary N) is 2. The summed E-state index contributed by atoms with van der Waals surface area (Å²) >= 11 is 3.29. The Morgan fingerprint density at radius 1 is 1.17 bits per heavy atom. The van der Waals surface area contributed by atoms with Crippen LogP contribution in [0.1, 0.15) is 0 Å². The summed E-state index contributed by atoms with van der Waals surface area (Å²) in [5.74, 6) is -0.364. The molecule has 2 N–H and O–H groups in total. The Balaban J connectivity index is 2.34. The molecule has 0 radical (unpaired) electrons. The summed E-state index contributed by atoms with van der Waals surface area (Å²) in [6.07, 6.45) is 1.33. The molecule has 4 nitrogen and oxygen atoms in total. The fourth-order valence-electron chi connectivity index (χ4n) is 1.35. The van der Waals surface area contributed by atoms with Crippen molar-refractivity contribution in [3.63, 3.8) is 0 Å². The van der Waals surface area contributed by atoms with E-state index in [1.54, 1.807) is 7.05 Å². The van der Waals surface area contributed by atoms with Crippen LogP contribution in [0.2, 0.25) is 0 Å².